The van der Waals surface area contributed by atoms with Crippen molar-refractivity contribution in [1.29, 1.82) is 0 Å². The van der Waals surface area contributed by atoms with Gasteiger partial charge in [-0.05, 0) is 31.4 Å². The fourth-order valence-corrected chi connectivity index (χ4v) is 3.56. The molecule has 0 saturated carbocycles. The molecule has 1 aliphatic rings. The second-order valence-corrected chi connectivity index (χ2v) is 6.63. The van der Waals surface area contributed by atoms with Gasteiger partial charge in [0.2, 0.25) is 0 Å². The van der Waals surface area contributed by atoms with E-state index in [1.807, 2.05) is 0 Å². The van der Waals surface area contributed by atoms with Gasteiger partial charge in [0.05, 0.1) is 12.2 Å². The number of rotatable bonds is 5. The summed E-state index contributed by atoms with van der Waals surface area (Å²) >= 11 is 0. The standard InChI is InChI=1S/C11H21N5O2S/c1-15-11(4-5-13-15)8-14-19(17,18)16-6-2-3-10(7-12)9-16/h4-5,10,14H,2-3,6-9,12H2,1H3. The van der Waals surface area contributed by atoms with Crippen LogP contribution in [0.2, 0.25) is 0 Å². The van der Waals surface area contributed by atoms with Crippen LogP contribution in [0.5, 0.6) is 0 Å². The maximum atomic E-state index is 12.2. The first-order chi connectivity index (χ1) is 9.03. The number of aryl methyl sites for hydroxylation is 1. The van der Waals surface area contributed by atoms with Crippen LogP contribution in [-0.2, 0) is 23.8 Å². The monoisotopic (exact) mass is 287 g/mol. The smallest absolute Gasteiger partial charge is 0.279 e. The maximum absolute atomic E-state index is 12.2. The molecule has 0 bridgehead atoms. The van der Waals surface area contributed by atoms with E-state index in [4.69, 9.17) is 5.73 Å². The second-order valence-electron chi connectivity index (χ2n) is 4.87. The van der Waals surface area contributed by atoms with Gasteiger partial charge in [0.25, 0.3) is 10.2 Å². The SMILES string of the molecule is Cn1nccc1CNS(=O)(=O)N1CCCC(CN)C1. The van der Waals surface area contributed by atoms with Crippen molar-refractivity contribution in [3.63, 3.8) is 0 Å². The van der Waals surface area contributed by atoms with Crippen LogP contribution in [0.15, 0.2) is 12.3 Å². The molecule has 8 heteroatoms. The highest BCUT2D eigenvalue weighted by atomic mass is 32.2. The second kappa shape index (κ2) is 6.00. The molecule has 1 aliphatic heterocycles. The molecule has 1 fully saturated rings. The van der Waals surface area contributed by atoms with Gasteiger partial charge in [0.15, 0.2) is 0 Å². The molecule has 2 rings (SSSR count). The summed E-state index contributed by atoms with van der Waals surface area (Å²) in [5.41, 5.74) is 6.46. The van der Waals surface area contributed by atoms with E-state index in [1.165, 1.54) is 4.31 Å². The van der Waals surface area contributed by atoms with Gasteiger partial charge in [0.1, 0.15) is 0 Å². The molecule has 0 aromatic carbocycles. The van der Waals surface area contributed by atoms with E-state index in [2.05, 4.69) is 9.82 Å². The molecule has 1 saturated heterocycles. The Balaban J connectivity index is 1.96. The van der Waals surface area contributed by atoms with E-state index in [-0.39, 0.29) is 12.5 Å². The third-order valence-electron chi connectivity index (χ3n) is 3.51. The predicted molar refractivity (Wildman–Crippen MR) is 72.3 cm³/mol. The molecule has 0 radical (unpaired) electrons. The minimum atomic E-state index is -3.43. The van der Waals surface area contributed by atoms with Crippen molar-refractivity contribution in [3.05, 3.63) is 18.0 Å². The van der Waals surface area contributed by atoms with Gasteiger partial charge in [-0.3, -0.25) is 4.68 Å². The molecular formula is C11H21N5O2S. The summed E-state index contributed by atoms with van der Waals surface area (Å²) in [6.07, 6.45) is 3.52. The first kappa shape index (κ1) is 14.4. The van der Waals surface area contributed by atoms with Crippen LogP contribution in [0, 0.1) is 5.92 Å². The third-order valence-corrected chi connectivity index (χ3v) is 5.03. The summed E-state index contributed by atoms with van der Waals surface area (Å²) in [4.78, 5) is 0. The molecule has 0 spiro atoms. The number of hydrogen-bond donors (Lipinski definition) is 2. The number of piperidine rings is 1. The largest absolute Gasteiger partial charge is 0.330 e. The Morgan fingerprint density at radius 3 is 3.00 bits per heavy atom. The minimum absolute atomic E-state index is 0.253. The highest BCUT2D eigenvalue weighted by molar-refractivity contribution is 7.87. The average Bonchev–Trinajstić information content (AvgIpc) is 2.82. The quantitative estimate of drug-likeness (QED) is 0.758. The highest BCUT2D eigenvalue weighted by Gasteiger charge is 2.28. The van der Waals surface area contributed by atoms with Gasteiger partial charge in [-0.2, -0.15) is 22.5 Å². The fourth-order valence-electron chi connectivity index (χ4n) is 2.27. The summed E-state index contributed by atoms with van der Waals surface area (Å²) < 4.78 is 30.2. The van der Waals surface area contributed by atoms with Crippen molar-refractivity contribution < 1.29 is 8.42 Å². The zero-order chi connectivity index (χ0) is 13.9. The molecule has 1 aromatic heterocycles. The van der Waals surface area contributed by atoms with Gasteiger partial charge in [0, 0.05) is 26.3 Å². The number of aromatic nitrogens is 2. The summed E-state index contributed by atoms with van der Waals surface area (Å²) in [7, 11) is -1.65. The Kier molecular flexibility index (Phi) is 4.56. The number of nitrogens with zero attached hydrogens (tertiary/aromatic N) is 3. The van der Waals surface area contributed by atoms with E-state index in [9.17, 15) is 8.42 Å². The van der Waals surface area contributed by atoms with Crippen LogP contribution in [0.3, 0.4) is 0 Å². The van der Waals surface area contributed by atoms with E-state index < -0.39 is 10.2 Å². The Hall–Kier alpha value is -0.960. The van der Waals surface area contributed by atoms with Crippen LogP contribution in [0.25, 0.3) is 0 Å². The number of nitrogens with two attached hydrogens (primary N) is 1. The van der Waals surface area contributed by atoms with E-state index in [0.717, 1.165) is 18.5 Å². The Morgan fingerprint density at radius 2 is 2.37 bits per heavy atom. The first-order valence-corrected chi connectivity index (χ1v) is 7.88. The van der Waals surface area contributed by atoms with Gasteiger partial charge < -0.3 is 5.73 Å². The highest BCUT2D eigenvalue weighted by Crippen LogP contribution is 2.17. The Bertz CT molecular complexity index is 513. The number of hydrogen-bond acceptors (Lipinski definition) is 4. The Labute approximate surface area is 113 Å². The van der Waals surface area contributed by atoms with Crippen LogP contribution in [-0.4, -0.2) is 42.1 Å². The van der Waals surface area contributed by atoms with E-state index >= 15 is 0 Å². The van der Waals surface area contributed by atoms with Crippen molar-refractivity contribution in [2.24, 2.45) is 18.7 Å². The average molecular weight is 287 g/mol. The van der Waals surface area contributed by atoms with Gasteiger partial charge in [-0.15, -0.1) is 0 Å². The lowest BCUT2D eigenvalue weighted by Gasteiger charge is -2.31. The van der Waals surface area contributed by atoms with Crippen molar-refractivity contribution in [1.82, 2.24) is 18.8 Å². The summed E-state index contributed by atoms with van der Waals surface area (Å²) in [5, 5.41) is 4.01. The molecule has 1 unspecified atom stereocenters. The molecule has 1 atom stereocenters. The van der Waals surface area contributed by atoms with E-state index in [1.54, 1.807) is 24.0 Å². The van der Waals surface area contributed by atoms with Crippen molar-refractivity contribution >= 4 is 10.2 Å². The van der Waals surface area contributed by atoms with E-state index in [0.29, 0.717) is 19.6 Å². The normalized spacial score (nSPS) is 21.7. The van der Waals surface area contributed by atoms with Crippen LogP contribution < -0.4 is 10.5 Å². The molecule has 0 aliphatic carbocycles. The lowest BCUT2D eigenvalue weighted by molar-refractivity contribution is 0.268. The minimum Gasteiger partial charge on any atom is -0.330 e. The summed E-state index contributed by atoms with van der Waals surface area (Å²) in [6, 6.07) is 1.79. The molecule has 3 N–H and O–H groups in total. The zero-order valence-corrected chi connectivity index (χ0v) is 11.9. The lowest BCUT2D eigenvalue weighted by Crippen LogP contribution is -2.47. The number of nitrogens with one attached hydrogen (secondary N) is 1. The predicted octanol–water partition coefficient (Wildman–Crippen LogP) is -0.575. The topological polar surface area (TPSA) is 93.2 Å². The molecule has 2 heterocycles. The van der Waals surface area contributed by atoms with Crippen molar-refractivity contribution in [2.45, 2.75) is 19.4 Å². The maximum Gasteiger partial charge on any atom is 0.279 e. The Morgan fingerprint density at radius 1 is 1.58 bits per heavy atom. The van der Waals surface area contributed by atoms with Crippen molar-refractivity contribution in [3.8, 4) is 0 Å². The van der Waals surface area contributed by atoms with Crippen molar-refractivity contribution in [2.75, 3.05) is 19.6 Å². The first-order valence-electron chi connectivity index (χ1n) is 6.44. The molecule has 1 aromatic rings. The molecule has 7 nitrogen and oxygen atoms in total. The van der Waals surface area contributed by atoms with Crippen LogP contribution in [0.1, 0.15) is 18.5 Å². The van der Waals surface area contributed by atoms with Gasteiger partial charge >= 0.3 is 0 Å². The molecule has 108 valence electrons. The summed E-state index contributed by atoms with van der Waals surface area (Å²) in [5.74, 6) is 0.266. The van der Waals surface area contributed by atoms with Crippen LogP contribution in [0.4, 0.5) is 0 Å². The lowest BCUT2D eigenvalue weighted by atomic mass is 10.0. The van der Waals surface area contributed by atoms with Crippen LogP contribution >= 0.6 is 0 Å². The summed E-state index contributed by atoms with van der Waals surface area (Å²) in [6.45, 7) is 1.87. The zero-order valence-electron chi connectivity index (χ0n) is 11.1. The molecule has 0 amide bonds. The molecular weight excluding hydrogens is 266 g/mol. The van der Waals surface area contributed by atoms with Gasteiger partial charge in [-0.25, -0.2) is 0 Å². The third kappa shape index (κ3) is 3.53. The molecule has 19 heavy (non-hydrogen) atoms. The fraction of sp³-hybridized carbons (Fsp3) is 0.727. The van der Waals surface area contributed by atoms with Gasteiger partial charge in [-0.1, -0.05) is 0 Å².